The average Bonchev–Trinajstić information content (AvgIpc) is 0.756. The van der Waals surface area contributed by atoms with Gasteiger partial charge < -0.3 is 45.3 Å². The summed E-state index contributed by atoms with van der Waals surface area (Å²) >= 11 is -0.958. The first-order valence-electron chi connectivity index (χ1n) is 43.3. The third kappa shape index (κ3) is 25.0. The maximum Gasteiger partial charge on any atom is 1.00 e. The van der Waals surface area contributed by atoms with Gasteiger partial charge in [-0.25, -0.2) is 69.5 Å². The van der Waals surface area contributed by atoms with Crippen LogP contribution in [0.3, 0.4) is 0 Å². The van der Waals surface area contributed by atoms with Crippen LogP contribution in [-0.4, -0.2) is 99.3 Å². The topological polar surface area (TPSA) is 381 Å². The van der Waals surface area contributed by atoms with Crippen LogP contribution in [0.2, 0.25) is 0 Å². The largest absolute Gasteiger partial charge is 1.00 e. The average molecular weight is 2190 g/mol. The number of fused-ring (bicyclic) bond motifs is 12. The van der Waals surface area contributed by atoms with E-state index < -0.39 is 198 Å². The molecule has 4 aliphatic rings. The summed E-state index contributed by atoms with van der Waals surface area (Å²) in [5, 5.41) is 59.0. The molecule has 4 heterocycles. The van der Waals surface area contributed by atoms with Gasteiger partial charge in [-0.15, -0.1) is 0 Å². The van der Waals surface area contributed by atoms with Crippen molar-refractivity contribution in [2.45, 2.75) is 78.1 Å². The van der Waals surface area contributed by atoms with Gasteiger partial charge >= 0.3 is 36.7 Å². The van der Waals surface area contributed by atoms with Crippen LogP contribution in [-0.2, 0) is 66.2 Å². The third-order valence-corrected chi connectivity index (χ3v) is 28.2. The number of nitrogens with two attached hydrogens (primary N) is 1. The first-order valence-corrected chi connectivity index (χ1v) is 50.4. The number of hydrogen-bond donors (Lipinski definition) is 3. The second-order valence-corrected chi connectivity index (χ2v) is 40.6. The molecule has 0 saturated carbocycles. The molecule has 0 saturated heterocycles. The molecule has 4 aliphatic heterocycles. The molecule has 24 nitrogen and oxygen atoms in total. The van der Waals surface area contributed by atoms with Crippen LogP contribution in [0.1, 0.15) is 88.9 Å². The molecule has 759 valence electrons. The SMILES string of the molecule is C.CS(=O)(=O)c1ccc(-c2ccc3ccc4c(c3c2)CC(N)C(c2cc(F)c(F)cc2F)O4)cc1.CS(=O)(=O)c1ccc(-c2ccc3ccc4c(c3c2)CC([N+](=O)[O-])C(c2cc(F)c(F)cc2F)O4)cc1.O=S([O-])Cc1ccc(B(O)O)cc1.O=[N+]([O-])C1=Cc2c(ccc3ccc(-c4ccc(CS(=O)[O-])cc4)cc23)OC1c1cc(F)c(F)cc1F.O=[N+]([O-])C1=Cc2c(ccc3ccc(Br)cc23)OC1c1cc(F)c(F)cc1F.[B].[H-].[Na+]. The van der Waals surface area contributed by atoms with E-state index in [1.807, 2.05) is 72.8 Å². The molecule has 3 radical (unpaired) electrons. The Balaban J connectivity index is 0.000000169. The number of sulfone groups is 2. The number of hydrogen-bond acceptors (Lipinski definition) is 21. The Labute approximate surface area is 880 Å². The van der Waals surface area contributed by atoms with Crippen molar-refractivity contribution in [3.8, 4) is 56.4 Å². The molecule has 16 aromatic rings. The zero-order valence-corrected chi connectivity index (χ0v) is 83.6. The van der Waals surface area contributed by atoms with Gasteiger partial charge in [0.05, 0.1) is 25.7 Å². The van der Waals surface area contributed by atoms with E-state index in [2.05, 4.69) is 15.9 Å². The van der Waals surface area contributed by atoms with E-state index in [0.717, 1.165) is 88.9 Å². The van der Waals surface area contributed by atoms with Gasteiger partial charge in [-0.3, -0.25) is 38.8 Å². The normalized spacial score (nSPS) is 16.1. The van der Waals surface area contributed by atoms with Crippen molar-refractivity contribution in [2.24, 2.45) is 5.73 Å². The second kappa shape index (κ2) is 46.5. The summed E-state index contributed by atoms with van der Waals surface area (Å²) in [6.07, 6.45) is -0.483. The fraction of sp³-hybridized carbons (Fsp3) is 0.124. The summed E-state index contributed by atoms with van der Waals surface area (Å²) in [6, 6.07) is 63.8. The summed E-state index contributed by atoms with van der Waals surface area (Å²) < 4.78 is 279. The summed E-state index contributed by atoms with van der Waals surface area (Å²) in [4.78, 5) is 33.7. The summed E-state index contributed by atoms with van der Waals surface area (Å²) in [5.41, 5.74) is 12.4. The maximum absolute atomic E-state index is 14.5. The van der Waals surface area contributed by atoms with Crippen LogP contribution in [0.25, 0.3) is 88.6 Å². The third-order valence-electron chi connectivity index (χ3n) is 24.3. The van der Waals surface area contributed by atoms with E-state index in [4.69, 9.17) is 34.7 Å². The first kappa shape index (κ1) is 112. The van der Waals surface area contributed by atoms with E-state index in [0.29, 0.717) is 104 Å². The van der Waals surface area contributed by atoms with Crippen molar-refractivity contribution < 1.29 is 162 Å². The van der Waals surface area contributed by atoms with E-state index in [1.165, 1.54) is 36.4 Å². The van der Waals surface area contributed by atoms with Crippen molar-refractivity contribution in [2.75, 3.05) is 12.5 Å². The summed E-state index contributed by atoms with van der Waals surface area (Å²) in [7, 11) is -8.15. The van der Waals surface area contributed by atoms with Crippen molar-refractivity contribution >= 4 is 134 Å². The van der Waals surface area contributed by atoms with Gasteiger partial charge in [0, 0.05) is 129 Å². The van der Waals surface area contributed by atoms with Gasteiger partial charge in [0.1, 0.15) is 52.4 Å². The number of halogens is 13. The van der Waals surface area contributed by atoms with Crippen molar-refractivity contribution in [3.05, 3.63) is 439 Å². The van der Waals surface area contributed by atoms with Crippen LogP contribution >= 0.6 is 15.9 Å². The van der Waals surface area contributed by atoms with Crippen molar-refractivity contribution in [1.82, 2.24) is 0 Å². The molecule has 149 heavy (non-hydrogen) atoms. The molecular weight excluding hydrogens is 2120 g/mol. The predicted molar refractivity (Wildman–Crippen MR) is 536 cm³/mol. The molecule has 0 fully saturated rings. The quantitative estimate of drug-likeness (QED) is 0.0190. The fourth-order valence-electron chi connectivity index (χ4n) is 17.1. The van der Waals surface area contributed by atoms with Crippen LogP contribution in [0.4, 0.5) is 52.7 Å². The minimum Gasteiger partial charge on any atom is -1.00 e. The van der Waals surface area contributed by atoms with Crippen molar-refractivity contribution in [1.29, 1.82) is 0 Å². The van der Waals surface area contributed by atoms with Gasteiger partial charge in [-0.1, -0.05) is 185 Å². The molecule has 8 unspecified atom stereocenters. The van der Waals surface area contributed by atoms with Gasteiger partial charge in [0.2, 0.25) is 12.2 Å². The number of ether oxygens (including phenoxy) is 4. The first-order chi connectivity index (χ1) is 69.3. The minimum atomic E-state index is -3.35. The Morgan fingerprint density at radius 3 is 1.07 bits per heavy atom. The van der Waals surface area contributed by atoms with Gasteiger partial charge in [0.15, 0.2) is 72.3 Å². The predicted octanol–water partition coefficient (Wildman–Crippen LogP) is 18.9. The van der Waals surface area contributed by atoms with Crippen molar-refractivity contribution in [3.63, 3.8) is 0 Å². The standard InChI is InChI=1S/C26H18F3NO5S.C26H16F3NO5S.C26H20F3NO3S.C19H9BrF3NO3.C7H9BO4S.CH4.B.Na.H/c1-36(33,34)17-7-4-14(5-8-17)16-3-2-15-6-9-25-19(18(15)10-16)12-24(30(31)32)26(35-25)20-11-22(28)23(29)13-21(20)27;27-21-12-23(29)22(28)10-20(21)26-24(30(31)32)11-19-18-9-17(6-5-16(18)7-8-25(19)35-26)15-3-1-14(2-4-15)13-36(33)34;1-34(31,32)17-7-4-14(5-8-17)16-3-2-15-6-9-25-19(18(15)10-16)12-24(30)26(33-25)20-11-22(28)23(29)13-21(20)27;20-10-3-1-9-2-4-18-12(11(9)5-10)7-17(24(25)26)19(27-18)13-6-15(22)16(23)8-14(13)21;9-8(10)7-3-1-6(2-4-7)5-13(11)12;;;;/h2-11,13,24,26H,12H2,1H3;1-12,26H,13H2,(H,33,34);2-11,13,24,26H,12,30H2,1H3;1-8,19H;1-4,9-10H,5H2,(H,11,12);1H4;;;/q;;;;;;;+1;-1/p-2. The number of nitro groups is 3. The fourth-order valence-corrected chi connectivity index (χ4v) is 19.6. The minimum absolute atomic E-state index is 0. The Hall–Kier alpha value is -13.8. The van der Waals surface area contributed by atoms with E-state index in [-0.39, 0.29) is 97.4 Å². The van der Waals surface area contributed by atoms with Gasteiger partial charge in [-0.2, -0.15) is 0 Å². The number of rotatable bonds is 17. The number of nitrogens with zero attached hydrogens (tertiary/aromatic N) is 3. The molecule has 20 rings (SSSR count). The molecule has 0 spiro atoms. The van der Waals surface area contributed by atoms with Crippen LogP contribution in [0.5, 0.6) is 23.0 Å². The Kier molecular flexibility index (Phi) is 35.1. The van der Waals surface area contributed by atoms with E-state index in [9.17, 15) is 117 Å². The molecule has 0 aliphatic carbocycles. The van der Waals surface area contributed by atoms with Crippen LogP contribution in [0, 0.1) is 100 Å². The molecule has 0 aromatic heterocycles. The molecule has 4 N–H and O–H groups in total. The van der Waals surface area contributed by atoms with Crippen LogP contribution < -0.4 is 59.7 Å². The Bertz CT molecular complexity index is 8370. The van der Waals surface area contributed by atoms with Gasteiger partial charge in [0.25, 0.3) is 17.4 Å². The molecule has 0 bridgehead atoms. The molecule has 44 heteroatoms. The van der Waals surface area contributed by atoms with Crippen LogP contribution in [0.15, 0.2) is 293 Å². The molecule has 8 atom stereocenters. The zero-order chi connectivity index (χ0) is 105. The summed E-state index contributed by atoms with van der Waals surface area (Å²) in [6.45, 7) is 0. The Morgan fingerprint density at radius 1 is 0.396 bits per heavy atom. The maximum atomic E-state index is 14.5. The second-order valence-electron chi connectivity index (χ2n) is 33.8. The zero-order valence-electron chi connectivity index (χ0n) is 77.7. The number of benzene rings is 16. The van der Waals surface area contributed by atoms with E-state index in [1.54, 1.807) is 121 Å². The molecule has 0 amide bonds. The molecule has 16 aromatic carbocycles. The van der Waals surface area contributed by atoms with Gasteiger partial charge in [-0.05, 0) is 203 Å². The Morgan fingerprint density at radius 2 is 0.698 bits per heavy atom. The van der Waals surface area contributed by atoms with E-state index >= 15 is 0 Å². The molecular formula is C105H75B2BrF12N4NaO20S4-2. The smallest absolute Gasteiger partial charge is 1.00 e. The monoisotopic (exact) mass is 2190 g/mol. The summed E-state index contributed by atoms with van der Waals surface area (Å²) in [5.74, 6) is -13.8.